The van der Waals surface area contributed by atoms with Crippen molar-refractivity contribution in [2.45, 2.75) is 19.6 Å². The predicted molar refractivity (Wildman–Crippen MR) is 125 cm³/mol. The molecular formula is C24H27ClN4O3. The van der Waals surface area contributed by atoms with Crippen molar-refractivity contribution < 1.29 is 9.53 Å². The predicted octanol–water partition coefficient (Wildman–Crippen LogP) is 3.01. The van der Waals surface area contributed by atoms with Crippen LogP contribution < -0.4 is 5.56 Å². The average molecular weight is 455 g/mol. The van der Waals surface area contributed by atoms with E-state index in [1.54, 1.807) is 29.8 Å². The van der Waals surface area contributed by atoms with E-state index >= 15 is 0 Å². The molecule has 1 atom stereocenters. The second-order valence-corrected chi connectivity index (χ2v) is 8.50. The fourth-order valence-corrected chi connectivity index (χ4v) is 4.24. The molecule has 1 fully saturated rings. The summed E-state index contributed by atoms with van der Waals surface area (Å²) in [7, 11) is 1.75. The van der Waals surface area contributed by atoms with Crippen LogP contribution in [-0.4, -0.2) is 58.0 Å². The summed E-state index contributed by atoms with van der Waals surface area (Å²) >= 11 is 6.10. The molecule has 168 valence electrons. The van der Waals surface area contributed by atoms with Crippen LogP contribution in [0.4, 0.5) is 0 Å². The monoisotopic (exact) mass is 454 g/mol. The maximum Gasteiger partial charge on any atom is 0.261 e. The van der Waals surface area contributed by atoms with Gasteiger partial charge < -0.3 is 9.64 Å². The minimum absolute atomic E-state index is 0.000828. The summed E-state index contributed by atoms with van der Waals surface area (Å²) in [6.45, 7) is 5.18. The molecular weight excluding hydrogens is 428 g/mol. The van der Waals surface area contributed by atoms with Crippen molar-refractivity contribution in [1.29, 1.82) is 0 Å². The molecule has 32 heavy (non-hydrogen) atoms. The highest BCUT2D eigenvalue weighted by Crippen LogP contribution is 2.22. The second-order valence-electron chi connectivity index (χ2n) is 8.07. The zero-order valence-electron chi connectivity index (χ0n) is 18.3. The average Bonchev–Trinajstić information content (AvgIpc) is 2.81. The van der Waals surface area contributed by atoms with E-state index in [0.29, 0.717) is 54.5 Å². The van der Waals surface area contributed by atoms with Gasteiger partial charge in [-0.05, 0) is 30.7 Å². The maximum absolute atomic E-state index is 12.8. The summed E-state index contributed by atoms with van der Waals surface area (Å²) in [6.07, 6.45) is 0. The molecule has 0 spiro atoms. The third kappa shape index (κ3) is 4.85. The summed E-state index contributed by atoms with van der Waals surface area (Å²) in [5.74, 6) is 0.690. The molecule has 0 aliphatic carbocycles. The van der Waals surface area contributed by atoms with Gasteiger partial charge in [-0.3, -0.25) is 19.1 Å². The van der Waals surface area contributed by atoms with Crippen LogP contribution in [0, 0.1) is 0 Å². The SMILES string of the molecule is CC(c1nc2cc(Cl)ccc2c(=O)n1C)N1CCN(C(=O)COCc2ccccc2)CC1. The third-order valence-corrected chi connectivity index (χ3v) is 6.23. The molecule has 2 heterocycles. The van der Waals surface area contributed by atoms with E-state index in [1.807, 2.05) is 42.2 Å². The molecule has 1 amide bonds. The summed E-state index contributed by atoms with van der Waals surface area (Å²) in [5, 5.41) is 1.11. The van der Waals surface area contributed by atoms with E-state index in [1.165, 1.54) is 0 Å². The highest BCUT2D eigenvalue weighted by atomic mass is 35.5. The Labute approximate surface area is 192 Å². The third-order valence-electron chi connectivity index (χ3n) is 6.00. The number of hydrogen-bond acceptors (Lipinski definition) is 5. The highest BCUT2D eigenvalue weighted by molar-refractivity contribution is 6.31. The molecule has 2 aromatic carbocycles. The molecule has 0 saturated carbocycles. The molecule has 3 aromatic rings. The largest absolute Gasteiger partial charge is 0.367 e. The van der Waals surface area contributed by atoms with Crippen LogP contribution >= 0.6 is 11.6 Å². The van der Waals surface area contributed by atoms with Crippen molar-refractivity contribution in [1.82, 2.24) is 19.4 Å². The number of hydrogen-bond donors (Lipinski definition) is 0. The second kappa shape index (κ2) is 9.81. The van der Waals surface area contributed by atoms with E-state index in [-0.39, 0.29) is 24.1 Å². The fourth-order valence-electron chi connectivity index (χ4n) is 4.08. The van der Waals surface area contributed by atoms with Gasteiger partial charge in [0.05, 0.1) is 23.6 Å². The highest BCUT2D eigenvalue weighted by Gasteiger charge is 2.27. The first-order valence-electron chi connectivity index (χ1n) is 10.7. The van der Waals surface area contributed by atoms with Crippen molar-refractivity contribution in [3.8, 4) is 0 Å². The Morgan fingerprint density at radius 1 is 1.12 bits per heavy atom. The number of fused-ring (bicyclic) bond motifs is 1. The van der Waals surface area contributed by atoms with Gasteiger partial charge in [-0.1, -0.05) is 41.9 Å². The molecule has 8 heteroatoms. The fraction of sp³-hybridized carbons (Fsp3) is 0.375. The van der Waals surface area contributed by atoms with Crippen molar-refractivity contribution in [3.05, 3.63) is 75.3 Å². The van der Waals surface area contributed by atoms with Gasteiger partial charge in [0.1, 0.15) is 12.4 Å². The smallest absolute Gasteiger partial charge is 0.261 e. The van der Waals surface area contributed by atoms with Crippen LogP contribution in [-0.2, 0) is 23.2 Å². The van der Waals surface area contributed by atoms with E-state index in [4.69, 9.17) is 21.3 Å². The first-order chi connectivity index (χ1) is 15.4. The lowest BCUT2D eigenvalue weighted by atomic mass is 10.2. The lowest BCUT2D eigenvalue weighted by Gasteiger charge is -2.38. The number of carbonyl (C=O) groups excluding carboxylic acids is 1. The Hall–Kier alpha value is -2.74. The first kappa shape index (κ1) is 22.5. The number of rotatable bonds is 6. The van der Waals surface area contributed by atoms with Crippen LogP contribution in [0.2, 0.25) is 5.02 Å². The molecule has 1 aliphatic rings. The van der Waals surface area contributed by atoms with Crippen molar-refractivity contribution in [3.63, 3.8) is 0 Å². The Balaban J connectivity index is 1.36. The first-order valence-corrected chi connectivity index (χ1v) is 11.1. The van der Waals surface area contributed by atoms with Gasteiger partial charge in [0, 0.05) is 38.2 Å². The maximum atomic E-state index is 12.8. The Kier molecular flexibility index (Phi) is 6.89. The molecule has 0 radical (unpaired) electrons. The van der Waals surface area contributed by atoms with Crippen LogP contribution in [0.15, 0.2) is 53.3 Å². The quantitative estimate of drug-likeness (QED) is 0.572. The number of aromatic nitrogens is 2. The zero-order valence-corrected chi connectivity index (χ0v) is 19.1. The summed E-state index contributed by atoms with van der Waals surface area (Å²) < 4.78 is 7.20. The standard InChI is InChI=1S/C24H27ClN4O3/c1-17(23-26-21-14-19(25)8-9-20(21)24(31)27(23)2)28-10-12-29(13-11-28)22(30)16-32-15-18-6-4-3-5-7-18/h3-9,14,17H,10-13,15-16H2,1-2H3. The normalized spacial score (nSPS) is 15.8. The van der Waals surface area contributed by atoms with Gasteiger partial charge in [0.25, 0.3) is 5.56 Å². The van der Waals surface area contributed by atoms with Crippen molar-refractivity contribution >= 4 is 28.4 Å². The number of ether oxygens (including phenoxy) is 1. The molecule has 1 unspecified atom stereocenters. The minimum atomic E-state index is -0.0853. The van der Waals surface area contributed by atoms with Gasteiger partial charge >= 0.3 is 0 Å². The van der Waals surface area contributed by atoms with E-state index in [2.05, 4.69) is 4.90 Å². The van der Waals surface area contributed by atoms with Crippen LogP contribution in [0.5, 0.6) is 0 Å². The summed E-state index contributed by atoms with van der Waals surface area (Å²) in [5.41, 5.74) is 1.57. The number of piperazine rings is 1. The lowest BCUT2D eigenvalue weighted by Crippen LogP contribution is -2.50. The number of benzene rings is 2. The number of halogens is 1. The Morgan fingerprint density at radius 3 is 2.56 bits per heavy atom. The molecule has 0 bridgehead atoms. The van der Waals surface area contributed by atoms with Crippen molar-refractivity contribution in [2.24, 2.45) is 7.05 Å². The Morgan fingerprint density at radius 2 is 1.84 bits per heavy atom. The van der Waals surface area contributed by atoms with Gasteiger partial charge in [0.15, 0.2) is 0 Å². The molecule has 7 nitrogen and oxygen atoms in total. The van der Waals surface area contributed by atoms with E-state index in [9.17, 15) is 9.59 Å². The lowest BCUT2D eigenvalue weighted by molar-refractivity contribution is -0.138. The number of nitrogens with zero attached hydrogens (tertiary/aromatic N) is 4. The van der Waals surface area contributed by atoms with E-state index < -0.39 is 0 Å². The van der Waals surface area contributed by atoms with Gasteiger partial charge in [-0.15, -0.1) is 0 Å². The van der Waals surface area contributed by atoms with Crippen LogP contribution in [0.3, 0.4) is 0 Å². The van der Waals surface area contributed by atoms with Crippen molar-refractivity contribution in [2.75, 3.05) is 32.8 Å². The number of amides is 1. The Bertz CT molecular complexity index is 1160. The molecule has 1 saturated heterocycles. The van der Waals surface area contributed by atoms with Gasteiger partial charge in [0.2, 0.25) is 5.91 Å². The summed E-state index contributed by atoms with van der Waals surface area (Å²) in [4.78, 5) is 34.1. The number of carbonyl (C=O) groups is 1. The topological polar surface area (TPSA) is 67.7 Å². The molecule has 0 N–H and O–H groups in total. The minimum Gasteiger partial charge on any atom is -0.367 e. The van der Waals surface area contributed by atoms with Gasteiger partial charge in [-0.2, -0.15) is 0 Å². The molecule has 4 rings (SSSR count). The van der Waals surface area contributed by atoms with Crippen LogP contribution in [0.1, 0.15) is 24.4 Å². The van der Waals surface area contributed by atoms with E-state index in [0.717, 1.165) is 5.56 Å². The van der Waals surface area contributed by atoms with Gasteiger partial charge in [-0.25, -0.2) is 4.98 Å². The zero-order chi connectivity index (χ0) is 22.7. The molecule has 1 aromatic heterocycles. The summed E-state index contributed by atoms with van der Waals surface area (Å²) in [6, 6.07) is 14.9. The molecule has 1 aliphatic heterocycles. The van der Waals surface area contributed by atoms with Crippen LogP contribution in [0.25, 0.3) is 10.9 Å².